The molecule has 5 rings (SSSR count). The van der Waals surface area contributed by atoms with E-state index < -0.39 is 0 Å². The van der Waals surface area contributed by atoms with E-state index in [0.717, 1.165) is 47.8 Å². The Morgan fingerprint density at radius 1 is 1.24 bits per heavy atom. The molecule has 0 N–H and O–H groups in total. The summed E-state index contributed by atoms with van der Waals surface area (Å²) < 4.78 is 6.28. The number of ether oxygens (including phenoxy) is 1. The maximum Gasteiger partial charge on any atom is 0.155 e. The van der Waals surface area contributed by atoms with E-state index in [1.165, 1.54) is 31.3 Å². The van der Waals surface area contributed by atoms with Gasteiger partial charge in [0.1, 0.15) is 6.10 Å². The minimum atomic E-state index is 0.219. The van der Waals surface area contributed by atoms with Crippen LogP contribution in [-0.4, -0.2) is 23.3 Å². The molecule has 4 fully saturated rings. The van der Waals surface area contributed by atoms with E-state index in [1.54, 1.807) is 0 Å². The van der Waals surface area contributed by atoms with E-state index in [1.807, 2.05) is 6.08 Å². The van der Waals surface area contributed by atoms with Gasteiger partial charge in [0.15, 0.2) is 5.78 Å². The van der Waals surface area contributed by atoms with Crippen molar-refractivity contribution < 1.29 is 9.53 Å². The molecule has 1 unspecified atom stereocenters. The first-order valence-corrected chi connectivity index (χ1v) is 11.5. The molecule has 9 atom stereocenters. The van der Waals surface area contributed by atoms with Crippen LogP contribution in [-0.2, 0) is 9.53 Å². The molecule has 0 radical (unpaired) electrons. The monoisotopic (exact) mass is 406 g/mol. The lowest BCUT2D eigenvalue weighted by Crippen LogP contribution is -2.53. The number of epoxide rings is 1. The van der Waals surface area contributed by atoms with Crippen LogP contribution in [0.25, 0.3) is 0 Å². The van der Waals surface area contributed by atoms with Crippen LogP contribution < -0.4 is 0 Å². The SMILES string of the molecule is CC(CBr)[C@H]1CC[C@H]2[C@@H]3[C@@H]4O[C@@H]4C4=CC(=O)CC[C@]4(C)[C@H]3CC[C@]12C. The number of fused-ring (bicyclic) bond motifs is 8. The largest absolute Gasteiger partial charge is 0.365 e. The zero-order valence-electron chi connectivity index (χ0n) is 15.8. The van der Waals surface area contributed by atoms with Gasteiger partial charge in [0, 0.05) is 11.8 Å². The maximum absolute atomic E-state index is 12.0. The fourth-order valence-corrected chi connectivity index (χ4v) is 8.34. The van der Waals surface area contributed by atoms with Gasteiger partial charge < -0.3 is 4.74 Å². The minimum absolute atomic E-state index is 0.219. The lowest BCUT2D eigenvalue weighted by atomic mass is 9.46. The van der Waals surface area contributed by atoms with Crippen molar-refractivity contribution in [3.05, 3.63) is 11.6 Å². The molecule has 0 amide bonds. The average molecular weight is 407 g/mol. The molecule has 3 saturated carbocycles. The van der Waals surface area contributed by atoms with Gasteiger partial charge in [0.05, 0.1) is 6.10 Å². The molecule has 138 valence electrons. The predicted octanol–water partition coefficient (Wildman–Crippen LogP) is 5.15. The molecular weight excluding hydrogens is 376 g/mol. The third-order valence-electron chi connectivity index (χ3n) is 9.23. The van der Waals surface area contributed by atoms with Crippen molar-refractivity contribution in [1.29, 1.82) is 0 Å². The van der Waals surface area contributed by atoms with Gasteiger partial charge in [0.2, 0.25) is 0 Å². The highest BCUT2D eigenvalue weighted by molar-refractivity contribution is 9.09. The van der Waals surface area contributed by atoms with Gasteiger partial charge in [-0.25, -0.2) is 0 Å². The van der Waals surface area contributed by atoms with Crippen molar-refractivity contribution in [2.24, 2.45) is 40.4 Å². The standard InChI is InChI=1S/C22H31BrO2/c1-12(11-23)14-4-5-15-18-16(7-9-21(14,15)2)22(3)8-6-13(24)10-17(22)19-20(18)25-19/h10,12,14-16,18-20H,4-9,11H2,1-3H3/t12?,14-,15+,16+,18+,19-,20+,21-,22-/m1/s1. The molecule has 0 aromatic heterocycles. The summed E-state index contributed by atoms with van der Waals surface area (Å²) in [6.45, 7) is 7.49. The molecule has 1 heterocycles. The Balaban J connectivity index is 1.51. The number of ketones is 1. The summed E-state index contributed by atoms with van der Waals surface area (Å²) in [6, 6.07) is 0. The van der Waals surface area contributed by atoms with Crippen LogP contribution in [0.5, 0.6) is 0 Å². The summed E-state index contributed by atoms with van der Waals surface area (Å²) in [5, 5.41) is 1.13. The summed E-state index contributed by atoms with van der Waals surface area (Å²) in [5.41, 5.74) is 2.07. The van der Waals surface area contributed by atoms with Crippen LogP contribution in [0.4, 0.5) is 0 Å². The summed E-state index contributed by atoms with van der Waals surface area (Å²) in [6.07, 6.45) is 9.94. The number of halogens is 1. The van der Waals surface area contributed by atoms with Crippen molar-refractivity contribution in [3.63, 3.8) is 0 Å². The van der Waals surface area contributed by atoms with E-state index in [9.17, 15) is 4.79 Å². The number of alkyl halides is 1. The molecule has 0 spiro atoms. The third-order valence-corrected chi connectivity index (χ3v) is 10.3. The van der Waals surface area contributed by atoms with Crippen LogP contribution in [0.3, 0.4) is 0 Å². The number of hydrogen-bond donors (Lipinski definition) is 0. The highest BCUT2D eigenvalue weighted by Crippen LogP contribution is 2.70. The topological polar surface area (TPSA) is 29.6 Å². The van der Waals surface area contributed by atoms with Crippen molar-refractivity contribution in [2.75, 3.05) is 5.33 Å². The van der Waals surface area contributed by atoms with Gasteiger partial charge in [-0.15, -0.1) is 0 Å². The fraction of sp³-hybridized carbons (Fsp3) is 0.864. The Bertz CT molecular complexity index is 642. The Hall–Kier alpha value is -0.150. The van der Waals surface area contributed by atoms with E-state index in [0.29, 0.717) is 17.3 Å². The van der Waals surface area contributed by atoms with Gasteiger partial charge in [-0.2, -0.15) is 0 Å². The van der Waals surface area contributed by atoms with E-state index >= 15 is 0 Å². The molecule has 25 heavy (non-hydrogen) atoms. The Morgan fingerprint density at radius 2 is 2.04 bits per heavy atom. The summed E-state index contributed by atoms with van der Waals surface area (Å²) in [4.78, 5) is 12.0. The number of rotatable bonds is 2. The lowest BCUT2D eigenvalue weighted by molar-refractivity contribution is -0.117. The normalized spacial score (nSPS) is 54.7. The van der Waals surface area contributed by atoms with Crippen LogP contribution in [0.2, 0.25) is 0 Å². The lowest BCUT2D eigenvalue weighted by Gasteiger charge is -2.57. The van der Waals surface area contributed by atoms with Crippen LogP contribution in [0.1, 0.15) is 59.3 Å². The highest BCUT2D eigenvalue weighted by atomic mass is 79.9. The summed E-state index contributed by atoms with van der Waals surface area (Å²) >= 11 is 3.75. The third kappa shape index (κ3) is 2.15. The van der Waals surface area contributed by atoms with Crippen LogP contribution in [0.15, 0.2) is 11.6 Å². The zero-order chi connectivity index (χ0) is 17.6. The summed E-state index contributed by atoms with van der Waals surface area (Å²) in [5.74, 6) is 4.23. The molecule has 3 heteroatoms. The first-order valence-electron chi connectivity index (χ1n) is 10.4. The highest BCUT2D eigenvalue weighted by Gasteiger charge is 2.69. The maximum atomic E-state index is 12.0. The smallest absolute Gasteiger partial charge is 0.155 e. The Kier molecular flexibility index (Phi) is 3.69. The molecular formula is C22H31BrO2. The van der Waals surface area contributed by atoms with Crippen molar-refractivity contribution >= 4 is 21.7 Å². The molecule has 0 bridgehead atoms. The molecule has 0 aromatic carbocycles. The molecule has 1 saturated heterocycles. The van der Waals surface area contributed by atoms with Gasteiger partial charge in [-0.1, -0.05) is 36.7 Å². The van der Waals surface area contributed by atoms with E-state index in [2.05, 4.69) is 36.7 Å². The molecule has 4 aliphatic carbocycles. The second-order valence-corrected chi connectivity index (χ2v) is 10.8. The van der Waals surface area contributed by atoms with Crippen LogP contribution in [0, 0.1) is 40.4 Å². The van der Waals surface area contributed by atoms with Crippen LogP contribution >= 0.6 is 15.9 Å². The zero-order valence-corrected chi connectivity index (χ0v) is 17.3. The van der Waals surface area contributed by atoms with E-state index in [4.69, 9.17) is 4.74 Å². The first-order chi connectivity index (χ1) is 11.9. The number of carbonyl (C=O) groups is 1. The van der Waals surface area contributed by atoms with Crippen molar-refractivity contribution in [3.8, 4) is 0 Å². The Labute approximate surface area is 160 Å². The number of hydrogen-bond acceptors (Lipinski definition) is 2. The van der Waals surface area contributed by atoms with Gasteiger partial charge in [-0.3, -0.25) is 4.79 Å². The average Bonchev–Trinajstić information content (AvgIpc) is 3.30. The molecule has 0 aromatic rings. The Morgan fingerprint density at radius 3 is 2.80 bits per heavy atom. The van der Waals surface area contributed by atoms with Crippen molar-refractivity contribution in [1.82, 2.24) is 0 Å². The molecule has 2 nitrogen and oxygen atoms in total. The number of carbonyl (C=O) groups excluding carboxylic acids is 1. The van der Waals surface area contributed by atoms with E-state index in [-0.39, 0.29) is 11.5 Å². The second kappa shape index (κ2) is 5.44. The second-order valence-electron chi connectivity index (χ2n) is 10.2. The van der Waals surface area contributed by atoms with Gasteiger partial charge in [-0.05, 0) is 84.2 Å². The quantitative estimate of drug-likeness (QED) is 0.468. The van der Waals surface area contributed by atoms with Gasteiger partial charge in [0.25, 0.3) is 0 Å². The van der Waals surface area contributed by atoms with Gasteiger partial charge >= 0.3 is 0 Å². The summed E-state index contributed by atoms with van der Waals surface area (Å²) in [7, 11) is 0. The van der Waals surface area contributed by atoms with Crippen molar-refractivity contribution in [2.45, 2.75) is 71.5 Å². The first kappa shape index (κ1) is 17.0. The predicted molar refractivity (Wildman–Crippen MR) is 103 cm³/mol. The minimum Gasteiger partial charge on any atom is -0.365 e. The fourth-order valence-electron chi connectivity index (χ4n) is 7.89. The molecule has 1 aliphatic heterocycles. The molecule has 5 aliphatic rings.